The zero-order chi connectivity index (χ0) is 11.8. The van der Waals surface area contributed by atoms with Crippen molar-refractivity contribution < 1.29 is 4.74 Å². The highest BCUT2D eigenvalue weighted by Crippen LogP contribution is 2.14. The Morgan fingerprint density at radius 2 is 2.06 bits per heavy atom. The molecule has 90 valence electrons. The monoisotopic (exact) mass is 228 g/mol. The number of ether oxygens (including phenoxy) is 1. The molecule has 0 radical (unpaired) electrons. The molecule has 1 fully saturated rings. The molecule has 0 N–H and O–H groups in total. The topological polar surface area (TPSA) is 9.23 Å². The van der Waals surface area contributed by atoms with Gasteiger partial charge in [0.1, 0.15) is 0 Å². The molecule has 0 spiro atoms. The summed E-state index contributed by atoms with van der Waals surface area (Å²) in [6.07, 6.45) is 7.03. The zero-order valence-corrected chi connectivity index (χ0v) is 10.3. The van der Waals surface area contributed by atoms with Crippen LogP contribution in [0.15, 0.2) is 30.3 Å². The van der Waals surface area contributed by atoms with Crippen LogP contribution in [-0.4, -0.2) is 12.7 Å². The molecule has 1 aliphatic rings. The average molecular weight is 228 g/mol. The lowest BCUT2D eigenvalue weighted by atomic mass is 10.1. The van der Waals surface area contributed by atoms with Crippen molar-refractivity contribution in [2.45, 2.75) is 44.6 Å². The van der Waals surface area contributed by atoms with Crippen molar-refractivity contribution in [3.63, 3.8) is 0 Å². The summed E-state index contributed by atoms with van der Waals surface area (Å²) in [5.41, 5.74) is 1.41. The van der Waals surface area contributed by atoms with Crippen LogP contribution in [0.5, 0.6) is 0 Å². The van der Waals surface area contributed by atoms with Gasteiger partial charge in [0, 0.05) is 19.4 Å². The first kappa shape index (κ1) is 12.2. The van der Waals surface area contributed by atoms with Gasteiger partial charge < -0.3 is 4.74 Å². The second-order valence-electron chi connectivity index (χ2n) is 4.53. The summed E-state index contributed by atoms with van der Waals surface area (Å²) >= 11 is 0. The normalized spacial score (nSPS) is 18.7. The third-order valence-electron chi connectivity index (χ3n) is 3.09. The van der Waals surface area contributed by atoms with Crippen molar-refractivity contribution in [1.29, 1.82) is 0 Å². The minimum atomic E-state index is 0.414. The van der Waals surface area contributed by atoms with Gasteiger partial charge in [-0.1, -0.05) is 30.3 Å². The summed E-state index contributed by atoms with van der Waals surface area (Å²) in [5.74, 6) is 6.49. The quantitative estimate of drug-likeness (QED) is 0.565. The van der Waals surface area contributed by atoms with E-state index in [0.717, 1.165) is 32.3 Å². The Bertz CT molecular complexity index is 366. The molecule has 1 atom stereocenters. The maximum absolute atomic E-state index is 5.53. The van der Waals surface area contributed by atoms with Crippen molar-refractivity contribution in [3.05, 3.63) is 35.9 Å². The Morgan fingerprint density at radius 3 is 2.82 bits per heavy atom. The smallest absolute Gasteiger partial charge is 0.0685 e. The summed E-state index contributed by atoms with van der Waals surface area (Å²) in [6, 6.07) is 10.6. The maximum atomic E-state index is 5.53. The van der Waals surface area contributed by atoms with Crippen LogP contribution in [0.3, 0.4) is 0 Å². The molecule has 2 rings (SSSR count). The molecule has 1 aromatic carbocycles. The van der Waals surface area contributed by atoms with Gasteiger partial charge >= 0.3 is 0 Å². The Kier molecular flexibility index (Phi) is 5.13. The Balaban J connectivity index is 1.58. The van der Waals surface area contributed by atoms with E-state index >= 15 is 0 Å². The van der Waals surface area contributed by atoms with E-state index in [1.54, 1.807) is 0 Å². The molecule has 1 aromatic rings. The van der Waals surface area contributed by atoms with Crippen molar-refractivity contribution in [2.75, 3.05) is 6.61 Å². The van der Waals surface area contributed by atoms with Crippen LogP contribution < -0.4 is 0 Å². The molecule has 1 nitrogen and oxygen atoms in total. The maximum Gasteiger partial charge on any atom is 0.0685 e. The summed E-state index contributed by atoms with van der Waals surface area (Å²) in [7, 11) is 0. The van der Waals surface area contributed by atoms with Gasteiger partial charge in [-0.2, -0.15) is 0 Å². The molecule has 0 aliphatic carbocycles. The lowest BCUT2D eigenvalue weighted by molar-refractivity contribution is 0.115. The number of benzene rings is 1. The fourth-order valence-electron chi connectivity index (χ4n) is 2.11. The predicted octanol–water partition coefficient (Wildman–Crippen LogP) is 3.58. The second kappa shape index (κ2) is 7.14. The highest BCUT2D eigenvalue weighted by molar-refractivity contribution is 5.14. The van der Waals surface area contributed by atoms with Gasteiger partial charge in [-0.25, -0.2) is 0 Å². The molecule has 0 bridgehead atoms. The summed E-state index contributed by atoms with van der Waals surface area (Å²) < 4.78 is 5.53. The van der Waals surface area contributed by atoms with Gasteiger partial charge in [0.05, 0.1) is 6.10 Å². The molecular formula is C16H20O. The van der Waals surface area contributed by atoms with E-state index in [1.165, 1.54) is 18.4 Å². The molecule has 0 aromatic heterocycles. The number of rotatable bonds is 4. The molecule has 1 heteroatoms. The standard InChI is InChI=1S/C16H20O/c1(2-7-12-16-13-8-14-17-16)4-9-15-10-5-3-6-11-15/h3,5-6,10-11,16H,1,4,8-9,12-14H2. The van der Waals surface area contributed by atoms with Crippen LogP contribution >= 0.6 is 0 Å². The van der Waals surface area contributed by atoms with E-state index in [2.05, 4.69) is 42.2 Å². The number of unbranched alkanes of at least 4 members (excludes halogenated alkanes) is 1. The minimum Gasteiger partial charge on any atom is -0.377 e. The van der Waals surface area contributed by atoms with E-state index < -0.39 is 0 Å². The summed E-state index contributed by atoms with van der Waals surface area (Å²) in [4.78, 5) is 0. The van der Waals surface area contributed by atoms with E-state index in [0.29, 0.717) is 6.10 Å². The Hall–Kier alpha value is -1.26. The fraction of sp³-hybridized carbons (Fsp3) is 0.500. The van der Waals surface area contributed by atoms with Crippen molar-refractivity contribution >= 4 is 0 Å². The Morgan fingerprint density at radius 1 is 1.18 bits per heavy atom. The first-order valence-electron chi connectivity index (χ1n) is 6.56. The van der Waals surface area contributed by atoms with Crippen LogP contribution in [0.4, 0.5) is 0 Å². The van der Waals surface area contributed by atoms with Crippen LogP contribution in [0.25, 0.3) is 0 Å². The summed E-state index contributed by atoms with van der Waals surface area (Å²) in [5, 5.41) is 0. The molecule has 17 heavy (non-hydrogen) atoms. The van der Waals surface area contributed by atoms with Gasteiger partial charge in [-0.15, -0.1) is 11.8 Å². The highest BCUT2D eigenvalue weighted by Gasteiger charge is 2.13. The van der Waals surface area contributed by atoms with E-state index in [1.807, 2.05) is 0 Å². The van der Waals surface area contributed by atoms with E-state index in [9.17, 15) is 0 Å². The van der Waals surface area contributed by atoms with Crippen molar-refractivity contribution in [3.8, 4) is 11.8 Å². The molecule has 0 amide bonds. The molecular weight excluding hydrogens is 208 g/mol. The zero-order valence-electron chi connectivity index (χ0n) is 10.3. The SMILES string of the molecule is C(#CCC1CCCO1)CCCc1ccccc1. The van der Waals surface area contributed by atoms with E-state index in [-0.39, 0.29) is 0 Å². The van der Waals surface area contributed by atoms with Crippen LogP contribution in [0, 0.1) is 11.8 Å². The lowest BCUT2D eigenvalue weighted by Crippen LogP contribution is -2.02. The summed E-state index contributed by atoms with van der Waals surface area (Å²) in [6.45, 7) is 0.931. The van der Waals surface area contributed by atoms with Crippen LogP contribution in [-0.2, 0) is 11.2 Å². The fourth-order valence-corrected chi connectivity index (χ4v) is 2.11. The van der Waals surface area contributed by atoms with Gasteiger partial charge in [-0.05, 0) is 31.2 Å². The van der Waals surface area contributed by atoms with Crippen molar-refractivity contribution in [1.82, 2.24) is 0 Å². The van der Waals surface area contributed by atoms with Gasteiger partial charge in [0.2, 0.25) is 0 Å². The van der Waals surface area contributed by atoms with Gasteiger partial charge in [0.25, 0.3) is 0 Å². The minimum absolute atomic E-state index is 0.414. The van der Waals surface area contributed by atoms with Crippen LogP contribution in [0.1, 0.15) is 37.7 Å². The first-order valence-corrected chi connectivity index (χ1v) is 6.56. The van der Waals surface area contributed by atoms with Gasteiger partial charge in [0.15, 0.2) is 0 Å². The van der Waals surface area contributed by atoms with Gasteiger partial charge in [-0.3, -0.25) is 0 Å². The molecule has 1 unspecified atom stereocenters. The third-order valence-corrected chi connectivity index (χ3v) is 3.09. The molecule has 1 heterocycles. The molecule has 0 saturated carbocycles. The first-order chi connectivity index (χ1) is 8.45. The number of hydrogen-bond donors (Lipinski definition) is 0. The average Bonchev–Trinajstić information content (AvgIpc) is 2.88. The lowest BCUT2D eigenvalue weighted by Gasteiger charge is -2.02. The molecule has 1 saturated heterocycles. The van der Waals surface area contributed by atoms with Crippen LogP contribution in [0.2, 0.25) is 0 Å². The largest absolute Gasteiger partial charge is 0.377 e. The van der Waals surface area contributed by atoms with Crippen molar-refractivity contribution in [2.24, 2.45) is 0 Å². The predicted molar refractivity (Wildman–Crippen MR) is 70.7 cm³/mol. The Labute approximate surface area is 104 Å². The second-order valence-corrected chi connectivity index (χ2v) is 4.53. The molecule has 1 aliphatic heterocycles. The number of hydrogen-bond acceptors (Lipinski definition) is 1. The van der Waals surface area contributed by atoms with E-state index in [4.69, 9.17) is 4.74 Å². The third kappa shape index (κ3) is 4.63. The number of aryl methyl sites for hydroxylation is 1. The highest BCUT2D eigenvalue weighted by atomic mass is 16.5.